The smallest absolute Gasteiger partial charge is 0.293 e. The van der Waals surface area contributed by atoms with Gasteiger partial charge in [0.2, 0.25) is 10.0 Å². The molecule has 3 rings (SSSR count). The second kappa shape index (κ2) is 8.91. The first-order valence-corrected chi connectivity index (χ1v) is 11.2. The molecule has 1 aliphatic rings. The fraction of sp³-hybridized carbons (Fsp3) is 0.526. The molecule has 1 aliphatic heterocycles. The lowest BCUT2D eigenvalue weighted by Crippen LogP contribution is -2.39. The topological polar surface area (TPSA) is 110 Å². The van der Waals surface area contributed by atoms with E-state index in [2.05, 4.69) is 10.4 Å². The molecule has 0 saturated carbocycles. The number of hydrogen-bond acceptors (Lipinski definition) is 6. The van der Waals surface area contributed by atoms with E-state index in [1.165, 1.54) is 16.4 Å². The summed E-state index contributed by atoms with van der Waals surface area (Å²) in [5.41, 5.74) is 0.0794. The third kappa shape index (κ3) is 5.13. The van der Waals surface area contributed by atoms with Crippen molar-refractivity contribution < 1.29 is 13.3 Å². The molecule has 2 heterocycles. The van der Waals surface area contributed by atoms with Crippen molar-refractivity contribution in [2.45, 2.75) is 38.1 Å². The van der Waals surface area contributed by atoms with E-state index in [0.717, 1.165) is 18.9 Å². The molecule has 0 spiro atoms. The van der Waals surface area contributed by atoms with Gasteiger partial charge in [0.15, 0.2) is 0 Å². The van der Waals surface area contributed by atoms with Crippen molar-refractivity contribution in [1.82, 2.24) is 14.1 Å². The Balaban J connectivity index is 1.75. The van der Waals surface area contributed by atoms with E-state index in [9.17, 15) is 18.5 Å². The van der Waals surface area contributed by atoms with E-state index in [-0.39, 0.29) is 22.4 Å². The lowest BCUT2D eigenvalue weighted by Gasteiger charge is -2.30. The number of nitro groups is 1. The van der Waals surface area contributed by atoms with E-state index < -0.39 is 14.9 Å². The largest absolute Gasteiger partial charge is 0.379 e. The van der Waals surface area contributed by atoms with Crippen molar-refractivity contribution in [2.75, 3.05) is 25.0 Å². The van der Waals surface area contributed by atoms with Crippen LogP contribution in [-0.2, 0) is 16.6 Å². The molecule has 0 unspecified atom stereocenters. The first-order chi connectivity index (χ1) is 13.8. The molecule has 2 atom stereocenters. The molecule has 1 fully saturated rings. The van der Waals surface area contributed by atoms with Crippen molar-refractivity contribution >= 4 is 21.4 Å². The molecular formula is C19H27N5O4S. The van der Waals surface area contributed by atoms with Crippen LogP contribution in [0.25, 0.3) is 0 Å². The maximum atomic E-state index is 12.9. The average molecular weight is 422 g/mol. The summed E-state index contributed by atoms with van der Waals surface area (Å²) in [5, 5.41) is 18.8. The number of aromatic nitrogens is 2. The Labute approximate surface area is 170 Å². The molecular weight excluding hydrogens is 394 g/mol. The van der Waals surface area contributed by atoms with Crippen LogP contribution in [0.2, 0.25) is 0 Å². The van der Waals surface area contributed by atoms with E-state index in [0.29, 0.717) is 31.9 Å². The molecule has 10 heteroatoms. The zero-order chi connectivity index (χ0) is 21.0. The number of piperidine rings is 1. The summed E-state index contributed by atoms with van der Waals surface area (Å²) >= 11 is 0. The van der Waals surface area contributed by atoms with Crippen LogP contribution in [0, 0.1) is 22.0 Å². The fourth-order valence-electron chi connectivity index (χ4n) is 3.56. The van der Waals surface area contributed by atoms with Crippen molar-refractivity contribution in [1.29, 1.82) is 0 Å². The highest BCUT2D eigenvalue weighted by Gasteiger charge is 2.30. The van der Waals surface area contributed by atoms with Gasteiger partial charge in [-0.2, -0.15) is 9.40 Å². The molecule has 158 valence electrons. The number of nitrogens with zero attached hydrogens (tertiary/aromatic N) is 4. The van der Waals surface area contributed by atoms with Gasteiger partial charge in [0.05, 0.1) is 9.82 Å². The van der Waals surface area contributed by atoms with Crippen LogP contribution in [0.5, 0.6) is 0 Å². The summed E-state index contributed by atoms with van der Waals surface area (Å²) in [7, 11) is -3.74. The lowest BCUT2D eigenvalue weighted by atomic mass is 10.0. The average Bonchev–Trinajstić information content (AvgIpc) is 3.19. The standard InChI is InChI=1S/C19H27N5O4S/c1-15-5-3-10-23(14-15)29(27,28)17-6-7-18(19(11-17)24(25)26)20-12-16(2)13-22-9-4-8-21-22/h4,6-9,11,15-16,20H,3,5,10,12-14H2,1-2H3/t15-,16+/m1/s1. The van der Waals surface area contributed by atoms with Gasteiger partial charge in [-0.25, -0.2) is 8.42 Å². The lowest BCUT2D eigenvalue weighted by molar-refractivity contribution is -0.384. The normalized spacial score (nSPS) is 19.0. The molecule has 9 nitrogen and oxygen atoms in total. The minimum absolute atomic E-state index is 0.0339. The van der Waals surface area contributed by atoms with Gasteiger partial charge in [-0.05, 0) is 42.9 Å². The highest BCUT2D eigenvalue weighted by atomic mass is 32.2. The van der Waals surface area contributed by atoms with Gasteiger partial charge in [-0.15, -0.1) is 0 Å². The van der Waals surface area contributed by atoms with Crippen molar-refractivity contribution in [3.63, 3.8) is 0 Å². The molecule has 0 aliphatic carbocycles. The number of benzene rings is 1. The van der Waals surface area contributed by atoms with E-state index in [1.807, 2.05) is 26.1 Å². The van der Waals surface area contributed by atoms with Crippen molar-refractivity contribution in [3.05, 3.63) is 46.8 Å². The second-order valence-corrected chi connectivity index (χ2v) is 9.70. The Hall–Kier alpha value is -2.46. The van der Waals surface area contributed by atoms with Crippen LogP contribution >= 0.6 is 0 Å². The zero-order valence-corrected chi connectivity index (χ0v) is 17.5. The summed E-state index contributed by atoms with van der Waals surface area (Å²) in [5.74, 6) is 0.457. The number of rotatable bonds is 8. The third-order valence-electron chi connectivity index (χ3n) is 5.12. The van der Waals surface area contributed by atoms with Crippen molar-refractivity contribution in [2.24, 2.45) is 11.8 Å². The van der Waals surface area contributed by atoms with Crippen LogP contribution in [0.1, 0.15) is 26.7 Å². The Morgan fingerprint density at radius 3 is 2.86 bits per heavy atom. The minimum Gasteiger partial charge on any atom is -0.379 e. The molecule has 1 N–H and O–H groups in total. The fourth-order valence-corrected chi connectivity index (χ4v) is 5.18. The van der Waals surface area contributed by atoms with Gasteiger partial charge in [-0.3, -0.25) is 14.8 Å². The van der Waals surface area contributed by atoms with Gasteiger partial charge in [0.1, 0.15) is 5.69 Å². The predicted octanol–water partition coefficient (Wildman–Crippen LogP) is 2.96. The molecule has 29 heavy (non-hydrogen) atoms. The third-order valence-corrected chi connectivity index (χ3v) is 6.98. The Morgan fingerprint density at radius 2 is 2.21 bits per heavy atom. The van der Waals surface area contributed by atoms with Crippen LogP contribution in [0.15, 0.2) is 41.6 Å². The quantitative estimate of drug-likeness (QED) is 0.518. The first-order valence-electron chi connectivity index (χ1n) is 9.77. The zero-order valence-electron chi connectivity index (χ0n) is 16.7. The Kier molecular flexibility index (Phi) is 6.53. The summed E-state index contributed by atoms with van der Waals surface area (Å²) < 4.78 is 29.1. The van der Waals surface area contributed by atoms with Gasteiger partial charge in [0.25, 0.3) is 5.69 Å². The summed E-state index contributed by atoms with van der Waals surface area (Å²) in [4.78, 5) is 11.0. The molecule has 1 aromatic heterocycles. The molecule has 0 bridgehead atoms. The van der Waals surface area contributed by atoms with Crippen LogP contribution < -0.4 is 5.32 Å². The molecule has 1 aromatic carbocycles. The molecule has 0 radical (unpaired) electrons. The number of sulfonamides is 1. The van der Waals surface area contributed by atoms with Gasteiger partial charge in [0, 0.05) is 44.6 Å². The van der Waals surface area contributed by atoms with Crippen LogP contribution in [0.3, 0.4) is 0 Å². The number of nitro benzene ring substituents is 1. The maximum Gasteiger partial charge on any atom is 0.293 e. The second-order valence-electron chi connectivity index (χ2n) is 7.76. The Morgan fingerprint density at radius 1 is 1.41 bits per heavy atom. The van der Waals surface area contributed by atoms with Crippen molar-refractivity contribution in [3.8, 4) is 0 Å². The minimum atomic E-state index is -3.74. The SMILES string of the molecule is C[C@@H]1CCCN(S(=O)(=O)c2ccc(NC[C@H](C)Cn3cccn3)c([N+](=O)[O-])c2)C1. The molecule has 1 saturated heterocycles. The maximum absolute atomic E-state index is 12.9. The van der Waals surface area contributed by atoms with Gasteiger partial charge >= 0.3 is 0 Å². The predicted molar refractivity (Wildman–Crippen MR) is 110 cm³/mol. The highest BCUT2D eigenvalue weighted by Crippen LogP contribution is 2.30. The van der Waals surface area contributed by atoms with Gasteiger partial charge in [-0.1, -0.05) is 13.8 Å². The number of anilines is 1. The summed E-state index contributed by atoms with van der Waals surface area (Å²) in [6.07, 6.45) is 5.36. The molecule has 0 amide bonds. The summed E-state index contributed by atoms with van der Waals surface area (Å²) in [6.45, 7) is 6.09. The summed E-state index contributed by atoms with van der Waals surface area (Å²) in [6, 6.07) is 5.93. The van der Waals surface area contributed by atoms with Crippen LogP contribution in [0.4, 0.5) is 11.4 Å². The van der Waals surface area contributed by atoms with E-state index in [1.54, 1.807) is 10.9 Å². The molecule has 2 aromatic rings. The van der Waals surface area contributed by atoms with E-state index in [4.69, 9.17) is 0 Å². The Bertz CT molecular complexity index is 946. The first kappa shape index (κ1) is 21.3. The van der Waals surface area contributed by atoms with Gasteiger partial charge < -0.3 is 5.32 Å². The van der Waals surface area contributed by atoms with Crippen LogP contribution in [-0.4, -0.2) is 47.1 Å². The monoisotopic (exact) mass is 421 g/mol. The van der Waals surface area contributed by atoms with E-state index >= 15 is 0 Å². The number of nitrogens with one attached hydrogen (secondary N) is 1. The highest BCUT2D eigenvalue weighted by molar-refractivity contribution is 7.89. The number of hydrogen-bond donors (Lipinski definition) is 1.